The van der Waals surface area contributed by atoms with Gasteiger partial charge < -0.3 is 15.4 Å². The number of hydrogen-bond acceptors (Lipinski definition) is 3. The van der Waals surface area contributed by atoms with E-state index in [1.807, 2.05) is 0 Å². The van der Waals surface area contributed by atoms with Crippen LogP contribution < -0.4 is 10.5 Å². The summed E-state index contributed by atoms with van der Waals surface area (Å²) >= 11 is 0. The Balaban J connectivity index is 1.83. The SMILES string of the molecule is CCN1CCC(C(CN)COc2cccc(F)c2)CC1. The van der Waals surface area contributed by atoms with Gasteiger partial charge >= 0.3 is 0 Å². The molecule has 3 nitrogen and oxygen atoms in total. The molecule has 1 saturated heterocycles. The molecule has 2 N–H and O–H groups in total. The first-order valence-electron chi connectivity index (χ1n) is 7.53. The molecule has 0 aromatic heterocycles. The van der Waals surface area contributed by atoms with Crippen molar-refractivity contribution in [1.82, 2.24) is 4.90 Å². The smallest absolute Gasteiger partial charge is 0.126 e. The lowest BCUT2D eigenvalue weighted by molar-refractivity contribution is 0.121. The van der Waals surface area contributed by atoms with Crippen molar-refractivity contribution in [2.45, 2.75) is 19.8 Å². The summed E-state index contributed by atoms with van der Waals surface area (Å²) in [5, 5.41) is 0. The van der Waals surface area contributed by atoms with Gasteiger partial charge in [0.2, 0.25) is 0 Å². The molecule has 1 aliphatic heterocycles. The summed E-state index contributed by atoms with van der Waals surface area (Å²) in [5.41, 5.74) is 5.90. The van der Waals surface area contributed by atoms with Crippen LogP contribution in [0.15, 0.2) is 24.3 Å². The van der Waals surface area contributed by atoms with Gasteiger partial charge in [-0.25, -0.2) is 4.39 Å². The van der Waals surface area contributed by atoms with E-state index in [-0.39, 0.29) is 5.82 Å². The first-order valence-corrected chi connectivity index (χ1v) is 7.53. The zero-order valence-electron chi connectivity index (χ0n) is 12.2. The normalized spacial score (nSPS) is 18.9. The third-order valence-corrected chi connectivity index (χ3v) is 4.31. The van der Waals surface area contributed by atoms with Gasteiger partial charge in [0.25, 0.3) is 0 Å². The Morgan fingerprint density at radius 1 is 1.40 bits per heavy atom. The summed E-state index contributed by atoms with van der Waals surface area (Å²) < 4.78 is 18.8. The molecule has 2 rings (SSSR count). The highest BCUT2D eigenvalue weighted by molar-refractivity contribution is 5.22. The number of benzene rings is 1. The molecule has 0 spiro atoms. The van der Waals surface area contributed by atoms with Gasteiger partial charge in [-0.3, -0.25) is 0 Å². The minimum atomic E-state index is -0.261. The van der Waals surface area contributed by atoms with Gasteiger partial charge in [0.15, 0.2) is 0 Å². The number of rotatable bonds is 6. The van der Waals surface area contributed by atoms with E-state index in [0.717, 1.165) is 19.6 Å². The third-order valence-electron chi connectivity index (χ3n) is 4.31. The van der Waals surface area contributed by atoms with Crippen LogP contribution in [-0.4, -0.2) is 37.7 Å². The van der Waals surface area contributed by atoms with Crippen molar-refractivity contribution in [2.24, 2.45) is 17.6 Å². The van der Waals surface area contributed by atoms with Crippen LogP contribution in [0.3, 0.4) is 0 Å². The fourth-order valence-electron chi connectivity index (χ4n) is 2.90. The quantitative estimate of drug-likeness (QED) is 0.870. The second-order valence-corrected chi connectivity index (χ2v) is 5.54. The van der Waals surface area contributed by atoms with Crippen molar-refractivity contribution in [3.8, 4) is 5.75 Å². The van der Waals surface area contributed by atoms with Crippen molar-refractivity contribution in [3.05, 3.63) is 30.1 Å². The first-order chi connectivity index (χ1) is 9.72. The maximum Gasteiger partial charge on any atom is 0.126 e. The third kappa shape index (κ3) is 4.18. The molecule has 0 radical (unpaired) electrons. The summed E-state index contributed by atoms with van der Waals surface area (Å²) in [6.45, 7) is 6.84. The molecule has 20 heavy (non-hydrogen) atoms. The zero-order chi connectivity index (χ0) is 14.4. The number of nitrogens with zero attached hydrogens (tertiary/aromatic N) is 1. The largest absolute Gasteiger partial charge is 0.493 e. The van der Waals surface area contributed by atoms with Crippen LogP contribution in [-0.2, 0) is 0 Å². The molecule has 0 amide bonds. The van der Waals surface area contributed by atoms with E-state index in [2.05, 4.69) is 11.8 Å². The van der Waals surface area contributed by atoms with E-state index in [4.69, 9.17) is 10.5 Å². The average molecular weight is 280 g/mol. The molecule has 112 valence electrons. The van der Waals surface area contributed by atoms with Crippen LogP contribution in [0.5, 0.6) is 5.75 Å². The Morgan fingerprint density at radius 3 is 2.75 bits per heavy atom. The van der Waals surface area contributed by atoms with Crippen molar-refractivity contribution >= 4 is 0 Å². The van der Waals surface area contributed by atoms with Gasteiger partial charge in [0.05, 0.1) is 6.61 Å². The molecule has 1 heterocycles. The predicted octanol–water partition coefficient (Wildman–Crippen LogP) is 2.51. The second kappa shape index (κ2) is 7.60. The van der Waals surface area contributed by atoms with E-state index < -0.39 is 0 Å². The lowest BCUT2D eigenvalue weighted by Gasteiger charge is -2.35. The summed E-state index contributed by atoms with van der Waals surface area (Å²) in [7, 11) is 0. The summed E-state index contributed by atoms with van der Waals surface area (Å²) in [6.07, 6.45) is 2.37. The highest BCUT2D eigenvalue weighted by Gasteiger charge is 2.25. The molecule has 1 aliphatic rings. The fourth-order valence-corrected chi connectivity index (χ4v) is 2.90. The minimum Gasteiger partial charge on any atom is -0.493 e. The molecule has 0 saturated carbocycles. The zero-order valence-corrected chi connectivity index (χ0v) is 12.2. The number of likely N-dealkylation sites (tertiary alicyclic amines) is 1. The van der Waals surface area contributed by atoms with Crippen LogP contribution in [0.2, 0.25) is 0 Å². The van der Waals surface area contributed by atoms with E-state index in [0.29, 0.717) is 30.7 Å². The lowest BCUT2D eigenvalue weighted by atomic mass is 9.84. The Kier molecular flexibility index (Phi) is 5.80. The molecular formula is C16H25FN2O. The Labute approximate surface area is 120 Å². The minimum absolute atomic E-state index is 0.261. The van der Waals surface area contributed by atoms with Crippen LogP contribution in [0.25, 0.3) is 0 Å². The molecule has 1 aromatic rings. The fraction of sp³-hybridized carbons (Fsp3) is 0.625. The molecule has 1 atom stereocenters. The Bertz CT molecular complexity index is 405. The van der Waals surface area contributed by atoms with Crippen molar-refractivity contribution in [1.29, 1.82) is 0 Å². The number of ether oxygens (including phenoxy) is 1. The number of halogens is 1. The summed E-state index contributed by atoms with van der Waals surface area (Å²) in [4.78, 5) is 2.47. The lowest BCUT2D eigenvalue weighted by Crippen LogP contribution is -2.39. The van der Waals surface area contributed by atoms with Gasteiger partial charge in [0, 0.05) is 12.0 Å². The first kappa shape index (κ1) is 15.3. The summed E-state index contributed by atoms with van der Waals surface area (Å²) in [6, 6.07) is 6.30. The number of nitrogens with two attached hydrogens (primary N) is 1. The predicted molar refractivity (Wildman–Crippen MR) is 79.3 cm³/mol. The molecular weight excluding hydrogens is 255 g/mol. The average Bonchev–Trinajstić information content (AvgIpc) is 2.48. The molecule has 0 aliphatic carbocycles. The van der Waals surface area contributed by atoms with Crippen LogP contribution >= 0.6 is 0 Å². The maximum absolute atomic E-state index is 13.1. The van der Waals surface area contributed by atoms with Crippen LogP contribution in [0.1, 0.15) is 19.8 Å². The highest BCUT2D eigenvalue weighted by Crippen LogP contribution is 2.25. The van der Waals surface area contributed by atoms with E-state index in [9.17, 15) is 4.39 Å². The monoisotopic (exact) mass is 280 g/mol. The Morgan fingerprint density at radius 2 is 2.15 bits per heavy atom. The van der Waals surface area contributed by atoms with Gasteiger partial charge in [-0.15, -0.1) is 0 Å². The van der Waals surface area contributed by atoms with Gasteiger partial charge in [-0.05, 0) is 57.1 Å². The molecule has 0 bridgehead atoms. The number of hydrogen-bond donors (Lipinski definition) is 1. The standard InChI is InChI=1S/C16H25FN2O/c1-2-19-8-6-13(7-9-19)14(11-18)12-20-16-5-3-4-15(17)10-16/h3-5,10,13-14H,2,6-9,11-12,18H2,1H3. The topological polar surface area (TPSA) is 38.5 Å². The van der Waals surface area contributed by atoms with Crippen LogP contribution in [0, 0.1) is 17.7 Å². The van der Waals surface area contributed by atoms with E-state index in [1.165, 1.54) is 25.0 Å². The van der Waals surface area contributed by atoms with E-state index >= 15 is 0 Å². The number of piperidine rings is 1. The van der Waals surface area contributed by atoms with Crippen molar-refractivity contribution in [3.63, 3.8) is 0 Å². The highest BCUT2D eigenvalue weighted by atomic mass is 19.1. The van der Waals surface area contributed by atoms with E-state index in [1.54, 1.807) is 12.1 Å². The Hall–Kier alpha value is -1.13. The van der Waals surface area contributed by atoms with Gasteiger partial charge in [-0.2, -0.15) is 0 Å². The molecule has 4 heteroatoms. The second-order valence-electron chi connectivity index (χ2n) is 5.54. The van der Waals surface area contributed by atoms with Gasteiger partial charge in [0.1, 0.15) is 11.6 Å². The summed E-state index contributed by atoms with van der Waals surface area (Å²) in [5.74, 6) is 1.31. The molecule has 1 fully saturated rings. The molecule has 1 aromatic carbocycles. The maximum atomic E-state index is 13.1. The van der Waals surface area contributed by atoms with Gasteiger partial charge in [-0.1, -0.05) is 13.0 Å². The van der Waals surface area contributed by atoms with Crippen molar-refractivity contribution in [2.75, 3.05) is 32.8 Å². The van der Waals surface area contributed by atoms with Crippen LogP contribution in [0.4, 0.5) is 4.39 Å². The van der Waals surface area contributed by atoms with Crippen molar-refractivity contribution < 1.29 is 9.13 Å². The molecule has 1 unspecified atom stereocenters.